The van der Waals surface area contributed by atoms with Gasteiger partial charge in [-0.05, 0) is 67.1 Å². The monoisotopic (exact) mass is 425 g/mol. The van der Waals surface area contributed by atoms with Gasteiger partial charge in [-0.15, -0.1) is 0 Å². The number of anilines is 1. The highest BCUT2D eigenvalue weighted by atomic mass is 35.5. The number of carbonyl (C=O) groups excluding carboxylic acids is 2. The van der Waals surface area contributed by atoms with Crippen LogP contribution in [0.3, 0.4) is 0 Å². The fourth-order valence-electron chi connectivity index (χ4n) is 2.52. The van der Waals surface area contributed by atoms with Gasteiger partial charge in [0.2, 0.25) is 0 Å². The highest BCUT2D eigenvalue weighted by Gasteiger charge is 2.08. The van der Waals surface area contributed by atoms with E-state index in [-0.39, 0.29) is 11.8 Å². The van der Waals surface area contributed by atoms with Crippen molar-refractivity contribution in [3.05, 3.63) is 99.5 Å². The number of nitrogens with zero attached hydrogens (tertiary/aromatic N) is 1. The summed E-state index contributed by atoms with van der Waals surface area (Å²) in [5.41, 5.74) is 5.37. The first-order valence-electron chi connectivity index (χ1n) is 8.70. The summed E-state index contributed by atoms with van der Waals surface area (Å²) in [5.74, 6) is -0.610. The second-order valence-corrected chi connectivity index (χ2v) is 7.06. The van der Waals surface area contributed by atoms with Crippen LogP contribution in [0.25, 0.3) is 0 Å². The molecule has 0 fully saturated rings. The Hall–Kier alpha value is -3.15. The normalized spacial score (nSPS) is 11.1. The Bertz CT molecular complexity index is 1080. The third-order valence-corrected chi connectivity index (χ3v) is 4.54. The number of rotatable bonds is 5. The zero-order valence-electron chi connectivity index (χ0n) is 15.4. The molecule has 0 bridgehead atoms. The molecule has 29 heavy (non-hydrogen) atoms. The van der Waals surface area contributed by atoms with Gasteiger partial charge in [0.1, 0.15) is 0 Å². The fourth-order valence-corrected chi connectivity index (χ4v) is 2.84. The van der Waals surface area contributed by atoms with Gasteiger partial charge in [0.15, 0.2) is 0 Å². The lowest BCUT2D eigenvalue weighted by atomic mass is 10.1. The molecule has 5 nitrogen and oxygen atoms in total. The molecule has 146 valence electrons. The predicted octanol–water partition coefficient (Wildman–Crippen LogP) is 5.40. The number of benzene rings is 3. The van der Waals surface area contributed by atoms with Crippen molar-refractivity contribution in [1.82, 2.24) is 5.43 Å². The highest BCUT2D eigenvalue weighted by molar-refractivity contribution is 6.31. The number of hydrogen-bond acceptors (Lipinski definition) is 3. The van der Waals surface area contributed by atoms with Crippen LogP contribution in [0.4, 0.5) is 5.69 Å². The molecule has 0 saturated carbocycles. The second-order valence-electron chi connectivity index (χ2n) is 6.19. The number of halogens is 2. The molecule has 3 rings (SSSR count). The Morgan fingerprint density at radius 1 is 0.759 bits per heavy atom. The molecule has 0 heterocycles. The third-order valence-electron chi connectivity index (χ3n) is 4.06. The van der Waals surface area contributed by atoms with Gasteiger partial charge in [0.25, 0.3) is 11.8 Å². The van der Waals surface area contributed by atoms with Crippen molar-refractivity contribution in [3.8, 4) is 0 Å². The van der Waals surface area contributed by atoms with Crippen molar-refractivity contribution in [2.24, 2.45) is 5.10 Å². The Morgan fingerprint density at radius 3 is 2.17 bits per heavy atom. The van der Waals surface area contributed by atoms with Gasteiger partial charge in [-0.3, -0.25) is 9.59 Å². The Balaban J connectivity index is 1.69. The largest absolute Gasteiger partial charge is 0.322 e. The standard InChI is InChI=1S/C22H17Cl2N3O2/c1-14(26-27-22(29)17-5-2-6-19(24)12-17)16-4-3-7-20(13-16)25-21(28)15-8-10-18(23)11-9-15/h2-13H,1H3,(H,25,28)(H,27,29). The Kier molecular flexibility index (Phi) is 6.65. The van der Waals surface area contributed by atoms with Gasteiger partial charge in [-0.2, -0.15) is 5.10 Å². The molecule has 0 spiro atoms. The summed E-state index contributed by atoms with van der Waals surface area (Å²) in [6.07, 6.45) is 0. The molecule has 0 aromatic heterocycles. The summed E-state index contributed by atoms with van der Waals surface area (Å²) >= 11 is 11.8. The van der Waals surface area contributed by atoms with E-state index in [1.807, 2.05) is 6.07 Å². The van der Waals surface area contributed by atoms with Gasteiger partial charge >= 0.3 is 0 Å². The average molecular weight is 426 g/mol. The number of nitrogens with one attached hydrogen (secondary N) is 2. The van der Waals surface area contributed by atoms with Crippen LogP contribution in [0.1, 0.15) is 33.2 Å². The Labute approximate surface area is 178 Å². The van der Waals surface area contributed by atoms with E-state index >= 15 is 0 Å². The number of amides is 2. The fraction of sp³-hybridized carbons (Fsp3) is 0.0455. The summed E-state index contributed by atoms with van der Waals surface area (Å²) in [5, 5.41) is 8.01. The molecule has 3 aromatic carbocycles. The van der Waals surface area contributed by atoms with Crippen LogP contribution in [0, 0.1) is 0 Å². The van der Waals surface area contributed by atoms with Gasteiger partial charge < -0.3 is 5.32 Å². The second kappa shape index (κ2) is 9.37. The SMILES string of the molecule is CC(=NNC(=O)c1cccc(Cl)c1)c1cccc(NC(=O)c2ccc(Cl)cc2)c1. The molecule has 7 heteroatoms. The van der Waals surface area contributed by atoms with E-state index < -0.39 is 0 Å². The lowest BCUT2D eigenvalue weighted by molar-refractivity contribution is 0.0954. The van der Waals surface area contributed by atoms with E-state index in [1.54, 1.807) is 73.7 Å². The summed E-state index contributed by atoms with van der Waals surface area (Å²) in [6.45, 7) is 1.76. The van der Waals surface area contributed by atoms with E-state index in [2.05, 4.69) is 15.8 Å². The van der Waals surface area contributed by atoms with Crippen molar-refractivity contribution < 1.29 is 9.59 Å². The summed E-state index contributed by atoms with van der Waals surface area (Å²) < 4.78 is 0. The maximum atomic E-state index is 12.4. The van der Waals surface area contributed by atoms with Crippen LogP contribution >= 0.6 is 23.2 Å². The molecular formula is C22H17Cl2N3O2. The highest BCUT2D eigenvalue weighted by Crippen LogP contribution is 2.15. The van der Waals surface area contributed by atoms with Gasteiger partial charge in [-0.25, -0.2) is 5.43 Å². The van der Waals surface area contributed by atoms with Gasteiger partial charge in [-0.1, -0.05) is 41.4 Å². The summed E-state index contributed by atoms with van der Waals surface area (Å²) in [4.78, 5) is 24.5. The minimum absolute atomic E-state index is 0.248. The van der Waals surface area contributed by atoms with Crippen molar-refractivity contribution in [3.63, 3.8) is 0 Å². The summed E-state index contributed by atoms with van der Waals surface area (Å²) in [7, 11) is 0. The predicted molar refractivity (Wildman–Crippen MR) is 117 cm³/mol. The molecule has 2 amide bonds. The average Bonchev–Trinajstić information content (AvgIpc) is 2.72. The molecule has 0 aliphatic heterocycles. The first-order chi connectivity index (χ1) is 13.9. The zero-order chi connectivity index (χ0) is 20.8. The van der Waals surface area contributed by atoms with Crippen LogP contribution in [0.15, 0.2) is 77.9 Å². The van der Waals surface area contributed by atoms with Crippen molar-refractivity contribution in [1.29, 1.82) is 0 Å². The van der Waals surface area contributed by atoms with Gasteiger partial charge in [0, 0.05) is 26.9 Å². The maximum Gasteiger partial charge on any atom is 0.271 e. The topological polar surface area (TPSA) is 70.6 Å². The molecule has 0 aliphatic rings. The maximum absolute atomic E-state index is 12.4. The van der Waals surface area contributed by atoms with Crippen molar-refractivity contribution in [2.75, 3.05) is 5.32 Å². The minimum atomic E-state index is -0.362. The lowest BCUT2D eigenvalue weighted by Gasteiger charge is -2.08. The van der Waals surface area contributed by atoms with E-state index in [9.17, 15) is 9.59 Å². The number of carbonyl (C=O) groups is 2. The van der Waals surface area contributed by atoms with Gasteiger partial charge in [0.05, 0.1) is 5.71 Å². The van der Waals surface area contributed by atoms with Crippen molar-refractivity contribution in [2.45, 2.75) is 6.92 Å². The van der Waals surface area contributed by atoms with E-state index in [4.69, 9.17) is 23.2 Å². The summed E-state index contributed by atoms with van der Waals surface area (Å²) in [6, 6.07) is 20.4. The van der Waals surface area contributed by atoms with E-state index in [0.717, 1.165) is 5.56 Å². The molecule has 2 N–H and O–H groups in total. The first-order valence-corrected chi connectivity index (χ1v) is 9.45. The molecule has 0 unspecified atom stereocenters. The Morgan fingerprint density at radius 2 is 1.45 bits per heavy atom. The lowest BCUT2D eigenvalue weighted by Crippen LogP contribution is -2.19. The van der Waals surface area contributed by atoms with Crippen LogP contribution < -0.4 is 10.7 Å². The van der Waals surface area contributed by atoms with Crippen LogP contribution in [0.5, 0.6) is 0 Å². The number of hydrogen-bond donors (Lipinski definition) is 2. The first kappa shape index (κ1) is 20.6. The number of hydrazone groups is 1. The molecule has 0 radical (unpaired) electrons. The zero-order valence-corrected chi connectivity index (χ0v) is 17.0. The molecule has 0 saturated heterocycles. The molecule has 0 aliphatic carbocycles. The van der Waals surface area contributed by atoms with Crippen LogP contribution in [0.2, 0.25) is 10.0 Å². The molecule has 0 atom stereocenters. The van der Waals surface area contributed by atoms with E-state index in [0.29, 0.717) is 32.6 Å². The van der Waals surface area contributed by atoms with Crippen LogP contribution in [-0.4, -0.2) is 17.5 Å². The molecule has 3 aromatic rings. The van der Waals surface area contributed by atoms with Crippen LogP contribution in [-0.2, 0) is 0 Å². The quantitative estimate of drug-likeness (QED) is 0.424. The molecular weight excluding hydrogens is 409 g/mol. The third kappa shape index (κ3) is 5.67. The minimum Gasteiger partial charge on any atom is -0.322 e. The van der Waals surface area contributed by atoms with E-state index in [1.165, 1.54) is 0 Å². The smallest absolute Gasteiger partial charge is 0.271 e. The van der Waals surface area contributed by atoms with Crippen molar-refractivity contribution >= 4 is 46.4 Å².